The molecule has 2 amide bonds. The average molecular weight is 409 g/mol. The highest BCUT2D eigenvalue weighted by Crippen LogP contribution is 2.25. The fraction of sp³-hybridized carbons (Fsp3) is 0.529. The molecular weight excluding hydrogens is 385 g/mol. The van der Waals surface area contributed by atoms with E-state index in [4.69, 9.17) is 23.2 Å². The Morgan fingerprint density at radius 2 is 2.12 bits per heavy atom. The van der Waals surface area contributed by atoms with Gasteiger partial charge in [0.2, 0.25) is 11.8 Å². The minimum absolute atomic E-state index is 0. The molecule has 1 aliphatic rings. The summed E-state index contributed by atoms with van der Waals surface area (Å²) in [6, 6.07) is 4.88. The molecule has 1 aromatic rings. The van der Waals surface area contributed by atoms with Crippen LogP contribution >= 0.6 is 35.6 Å². The highest BCUT2D eigenvalue weighted by Gasteiger charge is 2.26. The Hall–Kier alpha value is -1.01. The summed E-state index contributed by atoms with van der Waals surface area (Å²) in [5.74, 6) is -0.283. The van der Waals surface area contributed by atoms with Crippen molar-refractivity contribution < 1.29 is 9.59 Å². The van der Waals surface area contributed by atoms with E-state index in [2.05, 4.69) is 10.6 Å². The number of hydrogen-bond donors (Lipinski definition) is 2. The lowest BCUT2D eigenvalue weighted by molar-refractivity contribution is -0.138. The number of nitrogens with zero attached hydrogens (tertiary/aromatic N) is 1. The lowest BCUT2D eigenvalue weighted by atomic mass is 9.98. The second kappa shape index (κ2) is 10.9. The predicted molar refractivity (Wildman–Crippen MR) is 105 cm³/mol. The Bertz CT molecular complexity index is 593. The zero-order chi connectivity index (χ0) is 17.5. The van der Waals surface area contributed by atoms with Gasteiger partial charge < -0.3 is 15.5 Å². The Labute approximate surface area is 164 Å². The van der Waals surface area contributed by atoms with Gasteiger partial charge in [-0.15, -0.1) is 12.4 Å². The summed E-state index contributed by atoms with van der Waals surface area (Å²) >= 11 is 12.0. The molecule has 1 aromatic carbocycles. The number of rotatable bonds is 6. The standard InChI is InChI=1S/C17H23Cl2N3O2.ClH/c1-2-8-22(17(24)12-4-3-7-20-10-12)11-16(23)21-15-9-13(18)5-6-14(15)19;/h5-6,9,12,20H,2-4,7-8,10-11H2,1H3,(H,21,23);1H. The van der Waals surface area contributed by atoms with E-state index >= 15 is 0 Å². The molecule has 0 saturated carbocycles. The van der Waals surface area contributed by atoms with Crippen LogP contribution in [0.5, 0.6) is 0 Å². The molecule has 0 radical (unpaired) electrons. The molecule has 1 saturated heterocycles. The molecule has 2 rings (SSSR count). The van der Waals surface area contributed by atoms with E-state index in [1.54, 1.807) is 23.1 Å². The lowest BCUT2D eigenvalue weighted by Crippen LogP contribution is -2.46. The van der Waals surface area contributed by atoms with Crippen LogP contribution in [0, 0.1) is 5.92 Å². The number of anilines is 1. The molecule has 1 unspecified atom stereocenters. The smallest absolute Gasteiger partial charge is 0.244 e. The number of hydrogen-bond acceptors (Lipinski definition) is 3. The van der Waals surface area contributed by atoms with Gasteiger partial charge in [0.25, 0.3) is 0 Å². The monoisotopic (exact) mass is 407 g/mol. The number of carbonyl (C=O) groups excluding carboxylic acids is 2. The van der Waals surface area contributed by atoms with E-state index in [9.17, 15) is 9.59 Å². The van der Waals surface area contributed by atoms with E-state index in [-0.39, 0.29) is 36.7 Å². The third kappa shape index (κ3) is 6.66. The maximum absolute atomic E-state index is 12.7. The first-order valence-electron chi connectivity index (χ1n) is 8.25. The van der Waals surface area contributed by atoms with E-state index in [1.165, 1.54) is 0 Å². The zero-order valence-corrected chi connectivity index (χ0v) is 16.5. The van der Waals surface area contributed by atoms with Crippen molar-refractivity contribution in [3.63, 3.8) is 0 Å². The van der Waals surface area contributed by atoms with Crippen molar-refractivity contribution in [2.45, 2.75) is 26.2 Å². The van der Waals surface area contributed by atoms with Crippen LogP contribution in [0.2, 0.25) is 10.0 Å². The van der Waals surface area contributed by atoms with E-state index < -0.39 is 0 Å². The number of benzene rings is 1. The van der Waals surface area contributed by atoms with Gasteiger partial charge in [0.1, 0.15) is 0 Å². The summed E-state index contributed by atoms with van der Waals surface area (Å²) in [5, 5.41) is 6.88. The molecule has 1 atom stereocenters. The topological polar surface area (TPSA) is 61.4 Å². The minimum atomic E-state index is -0.273. The van der Waals surface area contributed by atoms with E-state index in [0.717, 1.165) is 25.8 Å². The van der Waals surface area contributed by atoms with Crippen molar-refractivity contribution in [3.8, 4) is 0 Å². The maximum Gasteiger partial charge on any atom is 0.244 e. The van der Waals surface area contributed by atoms with Crippen molar-refractivity contribution in [1.82, 2.24) is 10.2 Å². The lowest BCUT2D eigenvalue weighted by Gasteiger charge is -2.29. The molecule has 0 spiro atoms. The van der Waals surface area contributed by atoms with Crippen LogP contribution in [0.25, 0.3) is 0 Å². The largest absolute Gasteiger partial charge is 0.333 e. The number of carbonyl (C=O) groups is 2. The van der Waals surface area contributed by atoms with Crippen LogP contribution in [0.1, 0.15) is 26.2 Å². The van der Waals surface area contributed by atoms with Crippen LogP contribution in [-0.4, -0.2) is 42.9 Å². The van der Waals surface area contributed by atoms with Gasteiger partial charge in [-0.3, -0.25) is 9.59 Å². The van der Waals surface area contributed by atoms with Crippen molar-refractivity contribution in [2.75, 3.05) is 31.5 Å². The van der Waals surface area contributed by atoms with E-state index in [1.807, 2.05) is 6.92 Å². The molecule has 5 nitrogen and oxygen atoms in total. The van der Waals surface area contributed by atoms with Crippen molar-refractivity contribution in [2.24, 2.45) is 5.92 Å². The number of amides is 2. The van der Waals surface area contributed by atoms with Gasteiger partial charge in [0, 0.05) is 18.1 Å². The van der Waals surface area contributed by atoms with Crippen molar-refractivity contribution in [3.05, 3.63) is 28.2 Å². The normalized spacial score (nSPS) is 16.7. The minimum Gasteiger partial charge on any atom is -0.333 e. The molecule has 25 heavy (non-hydrogen) atoms. The fourth-order valence-electron chi connectivity index (χ4n) is 2.81. The first-order valence-corrected chi connectivity index (χ1v) is 9.01. The zero-order valence-electron chi connectivity index (χ0n) is 14.2. The second-order valence-electron chi connectivity index (χ2n) is 5.98. The van der Waals surface area contributed by atoms with Crippen LogP contribution in [0.3, 0.4) is 0 Å². The Morgan fingerprint density at radius 3 is 2.76 bits per heavy atom. The summed E-state index contributed by atoms with van der Waals surface area (Å²) in [4.78, 5) is 26.6. The highest BCUT2D eigenvalue weighted by atomic mass is 35.5. The van der Waals surface area contributed by atoms with Gasteiger partial charge in [-0.2, -0.15) is 0 Å². The molecular formula is C17H24Cl3N3O2. The fourth-order valence-corrected chi connectivity index (χ4v) is 3.15. The number of piperidine rings is 1. The van der Waals surface area contributed by atoms with E-state index in [0.29, 0.717) is 28.8 Å². The van der Waals surface area contributed by atoms with Gasteiger partial charge in [-0.1, -0.05) is 30.1 Å². The molecule has 1 fully saturated rings. The molecule has 1 heterocycles. The Morgan fingerprint density at radius 1 is 1.36 bits per heavy atom. The second-order valence-corrected chi connectivity index (χ2v) is 6.82. The van der Waals surface area contributed by atoms with Crippen LogP contribution in [0.4, 0.5) is 5.69 Å². The number of nitrogens with one attached hydrogen (secondary N) is 2. The molecule has 0 aromatic heterocycles. The van der Waals surface area contributed by atoms with Gasteiger partial charge in [-0.25, -0.2) is 0 Å². The average Bonchev–Trinajstić information content (AvgIpc) is 2.58. The third-order valence-corrected chi connectivity index (χ3v) is 4.55. The quantitative estimate of drug-likeness (QED) is 0.756. The third-order valence-electron chi connectivity index (χ3n) is 3.99. The van der Waals surface area contributed by atoms with Gasteiger partial charge >= 0.3 is 0 Å². The first-order chi connectivity index (χ1) is 11.5. The SMILES string of the molecule is CCCN(CC(=O)Nc1cc(Cl)ccc1Cl)C(=O)C1CCCNC1.Cl. The summed E-state index contributed by atoms with van der Waals surface area (Å²) in [6.07, 6.45) is 2.66. The highest BCUT2D eigenvalue weighted by molar-refractivity contribution is 6.35. The molecule has 1 aliphatic heterocycles. The van der Waals surface area contributed by atoms with Crippen LogP contribution in [-0.2, 0) is 9.59 Å². The Kier molecular flexibility index (Phi) is 9.57. The molecule has 8 heteroatoms. The van der Waals surface area contributed by atoms with Crippen LogP contribution in [0.15, 0.2) is 18.2 Å². The maximum atomic E-state index is 12.7. The number of halogens is 3. The molecule has 2 N–H and O–H groups in total. The molecule has 0 bridgehead atoms. The van der Waals surface area contributed by atoms with Gasteiger partial charge in [-0.05, 0) is 44.0 Å². The van der Waals surface area contributed by atoms with Crippen molar-refractivity contribution in [1.29, 1.82) is 0 Å². The summed E-state index contributed by atoms with van der Waals surface area (Å²) in [5.41, 5.74) is 0.456. The molecule has 140 valence electrons. The van der Waals surface area contributed by atoms with Gasteiger partial charge in [0.15, 0.2) is 0 Å². The summed E-state index contributed by atoms with van der Waals surface area (Å²) < 4.78 is 0. The van der Waals surface area contributed by atoms with Crippen LogP contribution < -0.4 is 10.6 Å². The summed E-state index contributed by atoms with van der Waals surface area (Å²) in [6.45, 7) is 4.20. The molecule has 0 aliphatic carbocycles. The van der Waals surface area contributed by atoms with Crippen molar-refractivity contribution >= 4 is 53.1 Å². The Balaban J connectivity index is 0.00000312. The predicted octanol–water partition coefficient (Wildman–Crippen LogP) is 3.59. The summed E-state index contributed by atoms with van der Waals surface area (Å²) in [7, 11) is 0. The first kappa shape index (κ1) is 22.0. The van der Waals surface area contributed by atoms with Gasteiger partial charge in [0.05, 0.1) is 23.2 Å².